The number of amides is 2. The van der Waals surface area contributed by atoms with Crippen LogP contribution in [0.3, 0.4) is 0 Å². The fraction of sp³-hybridized carbons (Fsp3) is 0.857. The first-order valence-corrected chi connectivity index (χ1v) is 7.26. The second-order valence-electron chi connectivity index (χ2n) is 5.58. The number of rotatable bonds is 3. The summed E-state index contributed by atoms with van der Waals surface area (Å²) >= 11 is 0. The van der Waals surface area contributed by atoms with Gasteiger partial charge in [0.2, 0.25) is 11.8 Å². The quantitative estimate of drug-likeness (QED) is 0.828. The molecule has 5 nitrogen and oxygen atoms in total. The van der Waals surface area contributed by atoms with Crippen LogP contribution < -0.4 is 5.32 Å². The van der Waals surface area contributed by atoms with E-state index in [1.807, 2.05) is 13.8 Å². The Morgan fingerprint density at radius 2 is 2.00 bits per heavy atom. The van der Waals surface area contributed by atoms with Crippen molar-refractivity contribution in [2.24, 2.45) is 5.92 Å². The standard InChI is InChI=1S/C14H24N2O3/c1-4-12-14(18)16(10(3)13(17)15-12)9(2)11-5-7-19-8-6-11/h9-12H,4-8H2,1-3H3,(H,15,17). The van der Waals surface area contributed by atoms with E-state index in [0.717, 1.165) is 26.1 Å². The van der Waals surface area contributed by atoms with Crippen molar-refractivity contribution in [1.82, 2.24) is 10.2 Å². The second kappa shape index (κ2) is 5.90. The summed E-state index contributed by atoms with van der Waals surface area (Å²) in [5, 5.41) is 2.80. The molecule has 2 heterocycles. The molecule has 5 heteroatoms. The third-order valence-electron chi connectivity index (χ3n) is 4.46. The number of ether oxygens (including phenoxy) is 1. The Kier molecular flexibility index (Phi) is 4.45. The molecule has 0 aromatic carbocycles. The molecular formula is C14H24N2O3. The topological polar surface area (TPSA) is 58.6 Å². The van der Waals surface area contributed by atoms with Crippen LogP contribution in [-0.4, -0.2) is 48.1 Å². The Morgan fingerprint density at radius 1 is 1.37 bits per heavy atom. The van der Waals surface area contributed by atoms with Gasteiger partial charge in [-0.1, -0.05) is 6.92 Å². The van der Waals surface area contributed by atoms with Gasteiger partial charge in [0.25, 0.3) is 0 Å². The predicted octanol–water partition coefficient (Wildman–Crippen LogP) is 0.927. The maximum atomic E-state index is 12.5. The fourth-order valence-corrected chi connectivity index (χ4v) is 3.11. The van der Waals surface area contributed by atoms with Gasteiger partial charge in [-0.3, -0.25) is 9.59 Å². The molecule has 2 fully saturated rings. The van der Waals surface area contributed by atoms with Crippen molar-refractivity contribution in [2.45, 2.75) is 58.2 Å². The largest absolute Gasteiger partial charge is 0.381 e. The van der Waals surface area contributed by atoms with Crippen molar-refractivity contribution >= 4 is 11.8 Å². The van der Waals surface area contributed by atoms with E-state index >= 15 is 0 Å². The molecule has 0 bridgehead atoms. The molecule has 2 rings (SSSR count). The van der Waals surface area contributed by atoms with E-state index in [-0.39, 0.29) is 29.9 Å². The summed E-state index contributed by atoms with van der Waals surface area (Å²) in [7, 11) is 0. The van der Waals surface area contributed by atoms with Crippen LogP contribution in [-0.2, 0) is 14.3 Å². The monoisotopic (exact) mass is 268 g/mol. The van der Waals surface area contributed by atoms with E-state index in [1.165, 1.54) is 0 Å². The highest BCUT2D eigenvalue weighted by Crippen LogP contribution is 2.26. The molecular weight excluding hydrogens is 244 g/mol. The molecule has 2 amide bonds. The van der Waals surface area contributed by atoms with E-state index in [2.05, 4.69) is 12.2 Å². The van der Waals surface area contributed by atoms with Crippen LogP contribution in [0.5, 0.6) is 0 Å². The van der Waals surface area contributed by atoms with E-state index in [0.29, 0.717) is 12.3 Å². The van der Waals surface area contributed by atoms with Gasteiger partial charge in [-0.2, -0.15) is 0 Å². The molecule has 2 saturated heterocycles. The lowest BCUT2D eigenvalue weighted by atomic mass is 9.89. The second-order valence-corrected chi connectivity index (χ2v) is 5.58. The number of nitrogens with zero attached hydrogens (tertiary/aromatic N) is 1. The molecule has 0 aromatic heterocycles. The molecule has 0 radical (unpaired) electrons. The first-order valence-electron chi connectivity index (χ1n) is 7.26. The molecule has 2 aliphatic rings. The lowest BCUT2D eigenvalue weighted by Crippen LogP contribution is -2.65. The summed E-state index contributed by atoms with van der Waals surface area (Å²) in [6, 6.07) is -0.620. The van der Waals surface area contributed by atoms with Gasteiger partial charge < -0.3 is 15.0 Å². The normalized spacial score (nSPS) is 31.2. The number of piperazine rings is 1. The summed E-state index contributed by atoms with van der Waals surface area (Å²) in [6.45, 7) is 7.32. The highest BCUT2D eigenvalue weighted by atomic mass is 16.5. The van der Waals surface area contributed by atoms with Crippen LogP contribution in [0, 0.1) is 5.92 Å². The Balaban J connectivity index is 2.14. The highest BCUT2D eigenvalue weighted by Gasteiger charge is 2.41. The summed E-state index contributed by atoms with van der Waals surface area (Å²) in [6.07, 6.45) is 2.58. The third kappa shape index (κ3) is 2.76. The smallest absolute Gasteiger partial charge is 0.246 e. The molecule has 0 aromatic rings. The molecule has 0 aliphatic carbocycles. The molecule has 19 heavy (non-hydrogen) atoms. The fourth-order valence-electron chi connectivity index (χ4n) is 3.11. The van der Waals surface area contributed by atoms with Gasteiger partial charge in [0.05, 0.1) is 0 Å². The van der Waals surface area contributed by atoms with Gasteiger partial charge in [-0.05, 0) is 39.0 Å². The summed E-state index contributed by atoms with van der Waals surface area (Å²) in [4.78, 5) is 26.2. The van der Waals surface area contributed by atoms with Crippen molar-refractivity contribution in [3.05, 3.63) is 0 Å². The zero-order valence-corrected chi connectivity index (χ0v) is 12.0. The highest BCUT2D eigenvalue weighted by molar-refractivity contribution is 5.96. The van der Waals surface area contributed by atoms with Gasteiger partial charge in [0, 0.05) is 19.3 Å². The van der Waals surface area contributed by atoms with Crippen LogP contribution in [0.4, 0.5) is 0 Å². The van der Waals surface area contributed by atoms with E-state index in [4.69, 9.17) is 4.74 Å². The number of carbonyl (C=O) groups is 2. The molecule has 0 spiro atoms. The summed E-state index contributed by atoms with van der Waals surface area (Å²) in [5.74, 6) is 0.461. The van der Waals surface area contributed by atoms with Crippen LogP contribution >= 0.6 is 0 Å². The molecule has 2 aliphatic heterocycles. The van der Waals surface area contributed by atoms with Gasteiger partial charge in [0.15, 0.2) is 0 Å². The van der Waals surface area contributed by atoms with Gasteiger partial charge in [0.1, 0.15) is 12.1 Å². The zero-order valence-electron chi connectivity index (χ0n) is 12.0. The van der Waals surface area contributed by atoms with Crippen LogP contribution in [0.25, 0.3) is 0 Å². The lowest BCUT2D eigenvalue weighted by molar-refractivity contribution is -0.153. The molecule has 108 valence electrons. The Hall–Kier alpha value is -1.10. The Labute approximate surface area is 114 Å². The van der Waals surface area contributed by atoms with Gasteiger partial charge >= 0.3 is 0 Å². The van der Waals surface area contributed by atoms with Gasteiger partial charge in [-0.15, -0.1) is 0 Å². The lowest BCUT2D eigenvalue weighted by Gasteiger charge is -2.44. The molecule has 0 saturated carbocycles. The average Bonchev–Trinajstić information content (AvgIpc) is 2.44. The van der Waals surface area contributed by atoms with E-state index in [1.54, 1.807) is 4.90 Å². The van der Waals surface area contributed by atoms with E-state index < -0.39 is 0 Å². The van der Waals surface area contributed by atoms with Crippen molar-refractivity contribution in [3.63, 3.8) is 0 Å². The number of hydrogen-bond donors (Lipinski definition) is 1. The van der Waals surface area contributed by atoms with Crippen molar-refractivity contribution in [3.8, 4) is 0 Å². The molecule has 3 unspecified atom stereocenters. The predicted molar refractivity (Wildman–Crippen MR) is 71.5 cm³/mol. The van der Waals surface area contributed by atoms with Crippen molar-refractivity contribution in [1.29, 1.82) is 0 Å². The van der Waals surface area contributed by atoms with Gasteiger partial charge in [-0.25, -0.2) is 0 Å². The third-order valence-corrected chi connectivity index (χ3v) is 4.46. The summed E-state index contributed by atoms with van der Waals surface area (Å²) in [5.41, 5.74) is 0. The van der Waals surface area contributed by atoms with Crippen LogP contribution in [0.15, 0.2) is 0 Å². The first kappa shape index (κ1) is 14.3. The zero-order chi connectivity index (χ0) is 14.0. The van der Waals surface area contributed by atoms with Crippen LogP contribution in [0.2, 0.25) is 0 Å². The van der Waals surface area contributed by atoms with Crippen molar-refractivity contribution < 1.29 is 14.3 Å². The number of nitrogens with one attached hydrogen (secondary N) is 1. The minimum Gasteiger partial charge on any atom is -0.381 e. The average molecular weight is 268 g/mol. The van der Waals surface area contributed by atoms with Crippen LogP contribution in [0.1, 0.15) is 40.0 Å². The van der Waals surface area contributed by atoms with E-state index in [9.17, 15) is 9.59 Å². The minimum atomic E-state index is -0.367. The molecule has 3 atom stereocenters. The van der Waals surface area contributed by atoms with Crippen molar-refractivity contribution in [2.75, 3.05) is 13.2 Å². The minimum absolute atomic E-state index is 0.0367. The first-order chi connectivity index (χ1) is 9.06. The maximum absolute atomic E-state index is 12.5. The molecule has 1 N–H and O–H groups in total. The Bertz CT molecular complexity index is 353. The number of hydrogen-bond acceptors (Lipinski definition) is 3. The SMILES string of the molecule is CCC1NC(=O)C(C)N(C(C)C2CCOCC2)C1=O. The maximum Gasteiger partial charge on any atom is 0.246 e. The Morgan fingerprint density at radius 3 is 2.58 bits per heavy atom. The summed E-state index contributed by atoms with van der Waals surface area (Å²) < 4.78 is 5.37. The number of carbonyl (C=O) groups excluding carboxylic acids is 2.